The fourth-order valence-electron chi connectivity index (χ4n) is 2.00. The average molecular weight is 450 g/mol. The Morgan fingerprint density at radius 2 is 2.14 bits per heavy atom. The molecule has 0 amide bonds. The number of hydrogen-bond acceptors (Lipinski definition) is 4. The molecule has 22 heavy (non-hydrogen) atoms. The first-order valence-electron chi connectivity index (χ1n) is 7.16. The standard InChI is InChI=1S/C15H22N4S2.HI/c1-4-16-15(18-10-13-6-5-9-20-13)17-8-7-14-11(2)19-12(3)21-14;/h5-6,9H,4,7-8,10H2,1-3H3,(H2,16,17,18);1H. The summed E-state index contributed by atoms with van der Waals surface area (Å²) >= 11 is 3.52. The Kier molecular flexibility index (Phi) is 8.96. The first kappa shape index (κ1) is 19.4. The summed E-state index contributed by atoms with van der Waals surface area (Å²) in [6.45, 7) is 8.69. The molecule has 0 aromatic carbocycles. The number of aliphatic imine (C=N–C) groups is 1. The molecule has 0 fully saturated rings. The molecule has 0 unspecified atom stereocenters. The molecule has 2 aromatic heterocycles. The first-order chi connectivity index (χ1) is 10.2. The molecule has 0 aliphatic carbocycles. The number of rotatable bonds is 6. The van der Waals surface area contributed by atoms with Gasteiger partial charge in [-0.1, -0.05) is 6.07 Å². The molecule has 0 saturated carbocycles. The number of aromatic nitrogens is 1. The molecule has 0 atom stereocenters. The third-order valence-corrected chi connectivity index (χ3v) is 4.96. The van der Waals surface area contributed by atoms with Gasteiger partial charge >= 0.3 is 0 Å². The van der Waals surface area contributed by atoms with E-state index in [9.17, 15) is 0 Å². The maximum Gasteiger partial charge on any atom is 0.191 e. The molecule has 4 nitrogen and oxygen atoms in total. The third kappa shape index (κ3) is 6.21. The van der Waals surface area contributed by atoms with Gasteiger partial charge in [0, 0.05) is 29.3 Å². The van der Waals surface area contributed by atoms with Crippen molar-refractivity contribution < 1.29 is 0 Å². The number of nitrogens with zero attached hydrogens (tertiary/aromatic N) is 2. The zero-order valence-corrected chi connectivity index (χ0v) is 17.1. The number of thiophene rings is 1. The maximum atomic E-state index is 4.61. The zero-order chi connectivity index (χ0) is 15.1. The topological polar surface area (TPSA) is 49.3 Å². The van der Waals surface area contributed by atoms with Crippen molar-refractivity contribution in [2.24, 2.45) is 4.99 Å². The number of halogens is 1. The Hall–Kier alpha value is -0.670. The Bertz CT molecular complexity index is 578. The second kappa shape index (κ2) is 10.2. The van der Waals surface area contributed by atoms with E-state index >= 15 is 0 Å². The van der Waals surface area contributed by atoms with Gasteiger partial charge in [0.25, 0.3) is 0 Å². The molecule has 0 aliphatic rings. The lowest BCUT2D eigenvalue weighted by Gasteiger charge is -2.10. The van der Waals surface area contributed by atoms with Crippen LogP contribution >= 0.6 is 46.7 Å². The minimum atomic E-state index is 0. The van der Waals surface area contributed by atoms with Crippen LogP contribution in [0.4, 0.5) is 0 Å². The van der Waals surface area contributed by atoms with Crippen molar-refractivity contribution in [3.05, 3.63) is 38.0 Å². The summed E-state index contributed by atoms with van der Waals surface area (Å²) < 4.78 is 0. The lowest BCUT2D eigenvalue weighted by atomic mass is 10.3. The monoisotopic (exact) mass is 450 g/mol. The highest BCUT2D eigenvalue weighted by Crippen LogP contribution is 2.17. The van der Waals surface area contributed by atoms with Crippen LogP contribution in [0, 0.1) is 13.8 Å². The van der Waals surface area contributed by atoms with E-state index in [1.165, 1.54) is 9.75 Å². The Morgan fingerprint density at radius 3 is 2.73 bits per heavy atom. The maximum absolute atomic E-state index is 4.61. The van der Waals surface area contributed by atoms with Crippen LogP contribution in [0.25, 0.3) is 0 Å². The quantitative estimate of drug-likeness (QED) is 0.401. The van der Waals surface area contributed by atoms with E-state index in [2.05, 4.69) is 58.9 Å². The largest absolute Gasteiger partial charge is 0.357 e. The van der Waals surface area contributed by atoms with Crippen molar-refractivity contribution in [2.75, 3.05) is 13.1 Å². The summed E-state index contributed by atoms with van der Waals surface area (Å²) in [6.07, 6.45) is 0.987. The second-order valence-corrected chi connectivity index (χ2v) is 7.01. The lowest BCUT2D eigenvalue weighted by Crippen LogP contribution is -2.38. The summed E-state index contributed by atoms with van der Waals surface area (Å²) in [5, 5.41) is 9.90. The smallest absolute Gasteiger partial charge is 0.191 e. The number of nitrogens with one attached hydrogen (secondary N) is 2. The zero-order valence-electron chi connectivity index (χ0n) is 13.2. The van der Waals surface area contributed by atoms with Gasteiger partial charge in [-0.3, -0.25) is 0 Å². The van der Waals surface area contributed by atoms with Gasteiger partial charge in [-0.15, -0.1) is 46.7 Å². The number of aryl methyl sites for hydroxylation is 2. The number of hydrogen-bond donors (Lipinski definition) is 2. The molecule has 2 N–H and O–H groups in total. The van der Waals surface area contributed by atoms with Gasteiger partial charge in [-0.25, -0.2) is 9.98 Å². The SMILES string of the molecule is CCNC(=NCc1cccs1)NCCc1sc(C)nc1C.I. The minimum absolute atomic E-state index is 0. The van der Waals surface area contributed by atoms with Crippen molar-refractivity contribution in [3.8, 4) is 0 Å². The summed E-state index contributed by atoms with van der Waals surface area (Å²) in [5.74, 6) is 0.879. The summed E-state index contributed by atoms with van der Waals surface area (Å²) in [4.78, 5) is 11.7. The van der Waals surface area contributed by atoms with Crippen molar-refractivity contribution >= 4 is 52.6 Å². The van der Waals surface area contributed by atoms with Crippen molar-refractivity contribution in [1.29, 1.82) is 0 Å². The Balaban J connectivity index is 0.00000242. The van der Waals surface area contributed by atoms with Crippen LogP contribution in [0.1, 0.15) is 27.4 Å². The van der Waals surface area contributed by atoms with Gasteiger partial charge in [-0.2, -0.15) is 0 Å². The van der Waals surface area contributed by atoms with Crippen LogP contribution < -0.4 is 10.6 Å². The van der Waals surface area contributed by atoms with Crippen LogP contribution in [0.2, 0.25) is 0 Å². The molecule has 2 aromatic rings. The fraction of sp³-hybridized carbons (Fsp3) is 0.467. The predicted octanol–water partition coefficient (Wildman–Crippen LogP) is 3.74. The second-order valence-electron chi connectivity index (χ2n) is 4.69. The molecule has 7 heteroatoms. The van der Waals surface area contributed by atoms with E-state index in [-0.39, 0.29) is 24.0 Å². The Morgan fingerprint density at radius 1 is 1.32 bits per heavy atom. The molecule has 0 bridgehead atoms. The van der Waals surface area contributed by atoms with Crippen molar-refractivity contribution in [3.63, 3.8) is 0 Å². The van der Waals surface area contributed by atoms with Crippen LogP contribution in [0.15, 0.2) is 22.5 Å². The van der Waals surface area contributed by atoms with E-state index < -0.39 is 0 Å². The van der Waals surface area contributed by atoms with Gasteiger partial charge in [0.2, 0.25) is 0 Å². The molecule has 0 radical (unpaired) electrons. The van der Waals surface area contributed by atoms with Crippen molar-refractivity contribution in [2.45, 2.75) is 33.7 Å². The minimum Gasteiger partial charge on any atom is -0.357 e. The van der Waals surface area contributed by atoms with Gasteiger partial charge in [0.1, 0.15) is 0 Å². The van der Waals surface area contributed by atoms with Crippen LogP contribution in [0.5, 0.6) is 0 Å². The molecular weight excluding hydrogens is 427 g/mol. The molecule has 0 saturated heterocycles. The van der Waals surface area contributed by atoms with E-state index in [1.807, 2.05) is 0 Å². The highest BCUT2D eigenvalue weighted by molar-refractivity contribution is 14.0. The molecule has 122 valence electrons. The Labute approximate surface area is 157 Å². The van der Waals surface area contributed by atoms with E-state index in [1.54, 1.807) is 22.7 Å². The lowest BCUT2D eigenvalue weighted by molar-refractivity contribution is 0.802. The highest BCUT2D eigenvalue weighted by atomic mass is 127. The summed E-state index contributed by atoms with van der Waals surface area (Å²) in [6, 6.07) is 4.17. The molecule has 2 rings (SSSR count). The molecule has 0 aliphatic heterocycles. The van der Waals surface area contributed by atoms with Gasteiger partial charge < -0.3 is 10.6 Å². The third-order valence-electron chi connectivity index (χ3n) is 2.96. The molecule has 0 spiro atoms. The van der Waals surface area contributed by atoms with Crippen LogP contribution in [-0.4, -0.2) is 24.0 Å². The van der Waals surface area contributed by atoms with Crippen LogP contribution in [0.3, 0.4) is 0 Å². The van der Waals surface area contributed by atoms with E-state index in [4.69, 9.17) is 0 Å². The van der Waals surface area contributed by atoms with E-state index in [0.717, 1.165) is 42.7 Å². The number of guanidine groups is 1. The summed E-state index contributed by atoms with van der Waals surface area (Å²) in [7, 11) is 0. The summed E-state index contributed by atoms with van der Waals surface area (Å²) in [5.41, 5.74) is 1.15. The predicted molar refractivity (Wildman–Crippen MR) is 108 cm³/mol. The van der Waals surface area contributed by atoms with E-state index in [0.29, 0.717) is 0 Å². The normalized spacial score (nSPS) is 11.1. The number of thiazole rings is 1. The average Bonchev–Trinajstić information content (AvgIpc) is 3.06. The van der Waals surface area contributed by atoms with Crippen LogP contribution in [-0.2, 0) is 13.0 Å². The van der Waals surface area contributed by atoms with Gasteiger partial charge in [-0.05, 0) is 32.2 Å². The highest BCUT2D eigenvalue weighted by Gasteiger charge is 2.05. The van der Waals surface area contributed by atoms with Gasteiger partial charge in [0.15, 0.2) is 5.96 Å². The molecule has 2 heterocycles. The first-order valence-corrected chi connectivity index (χ1v) is 8.86. The fourth-order valence-corrected chi connectivity index (χ4v) is 3.57. The van der Waals surface area contributed by atoms with Crippen molar-refractivity contribution in [1.82, 2.24) is 15.6 Å². The van der Waals surface area contributed by atoms with Gasteiger partial charge in [0.05, 0.1) is 17.2 Å². The molecular formula is C15H23IN4S2.